The fraction of sp³-hybridized carbons (Fsp3) is 0.667. The first kappa shape index (κ1) is 22.9. The molecule has 6 heteroatoms. The average molecular weight is 435 g/mol. The molecule has 0 spiro atoms. The molecule has 166 valence electrons. The molecule has 1 saturated heterocycles. The molecule has 1 aromatic rings. The molecule has 1 aromatic carbocycles. The summed E-state index contributed by atoms with van der Waals surface area (Å²) in [6, 6.07) is 7.79. The summed E-state index contributed by atoms with van der Waals surface area (Å²) >= 11 is 6.25. The van der Waals surface area contributed by atoms with Crippen molar-refractivity contribution in [3.8, 4) is 0 Å². The van der Waals surface area contributed by atoms with Crippen LogP contribution < -0.4 is 5.32 Å². The highest BCUT2D eigenvalue weighted by Crippen LogP contribution is 2.38. The molecule has 0 radical (unpaired) electrons. The highest BCUT2D eigenvalue weighted by molar-refractivity contribution is 6.30. The molecule has 0 aromatic heterocycles. The summed E-state index contributed by atoms with van der Waals surface area (Å²) in [7, 11) is 0. The molecule has 30 heavy (non-hydrogen) atoms. The van der Waals surface area contributed by atoms with Crippen molar-refractivity contribution >= 4 is 23.6 Å². The van der Waals surface area contributed by atoms with E-state index in [1.165, 1.54) is 19.3 Å². The Hall–Kier alpha value is -1.75. The Morgan fingerprint density at radius 3 is 2.37 bits per heavy atom. The Bertz CT molecular complexity index is 732. The van der Waals surface area contributed by atoms with Crippen LogP contribution in [-0.4, -0.2) is 41.6 Å². The number of carbonyl (C=O) groups excluding carboxylic acids is 2. The van der Waals surface area contributed by atoms with Crippen LogP contribution in [0.2, 0.25) is 5.02 Å². The molecule has 5 nitrogen and oxygen atoms in total. The van der Waals surface area contributed by atoms with Gasteiger partial charge in [-0.25, -0.2) is 4.79 Å². The Balaban J connectivity index is 1.64. The molecule has 1 atom stereocenters. The van der Waals surface area contributed by atoms with Gasteiger partial charge in [-0.05, 0) is 57.2 Å². The minimum absolute atomic E-state index is 0.134. The van der Waals surface area contributed by atoms with Crippen LogP contribution in [0.3, 0.4) is 0 Å². The summed E-state index contributed by atoms with van der Waals surface area (Å²) in [5.74, 6) is 0.434. The quantitative estimate of drug-likeness (QED) is 0.678. The van der Waals surface area contributed by atoms with Crippen LogP contribution in [0.15, 0.2) is 24.3 Å². The zero-order valence-electron chi connectivity index (χ0n) is 18.5. The molecule has 2 fully saturated rings. The zero-order chi connectivity index (χ0) is 21.7. The maximum Gasteiger partial charge on any atom is 0.407 e. The van der Waals surface area contributed by atoms with E-state index in [9.17, 15) is 9.59 Å². The number of alkyl carbamates (subject to hydrolysis) is 1. The standard InChI is InChI=1S/C24H35ClN2O3/c1-24(2,3)26-23(29)30-20-12-14-27(15-13-20)22(28)21(17-8-5-4-6-9-17)18-10-7-11-19(25)16-18/h7,10-11,16-17,20-21H,4-6,8-9,12-15H2,1-3H3,(H,26,29). The number of amides is 2. The average Bonchev–Trinajstić information content (AvgIpc) is 2.68. The molecule has 1 heterocycles. The van der Waals surface area contributed by atoms with Gasteiger partial charge in [-0.3, -0.25) is 4.79 Å². The third-order valence-corrected chi connectivity index (χ3v) is 6.33. The summed E-state index contributed by atoms with van der Waals surface area (Å²) in [4.78, 5) is 27.6. The molecular formula is C24H35ClN2O3. The van der Waals surface area contributed by atoms with Gasteiger partial charge in [0.2, 0.25) is 5.91 Å². The van der Waals surface area contributed by atoms with Crippen molar-refractivity contribution in [2.24, 2.45) is 5.92 Å². The number of carbonyl (C=O) groups is 2. The summed E-state index contributed by atoms with van der Waals surface area (Å²) in [6.07, 6.45) is 6.65. The van der Waals surface area contributed by atoms with Gasteiger partial charge < -0.3 is 15.0 Å². The predicted octanol–water partition coefficient (Wildman–Crippen LogP) is 5.52. The van der Waals surface area contributed by atoms with Gasteiger partial charge in [-0.1, -0.05) is 43.0 Å². The van der Waals surface area contributed by atoms with Crippen molar-refractivity contribution in [3.63, 3.8) is 0 Å². The summed E-state index contributed by atoms with van der Waals surface area (Å²) < 4.78 is 5.57. The SMILES string of the molecule is CC(C)(C)NC(=O)OC1CCN(C(=O)C(c2cccc(Cl)c2)C2CCCCC2)CC1. The van der Waals surface area contributed by atoms with Crippen molar-refractivity contribution in [3.05, 3.63) is 34.9 Å². The number of hydrogen-bond donors (Lipinski definition) is 1. The predicted molar refractivity (Wildman–Crippen MR) is 120 cm³/mol. The van der Waals surface area contributed by atoms with E-state index in [1.54, 1.807) is 0 Å². The topological polar surface area (TPSA) is 58.6 Å². The summed E-state index contributed by atoms with van der Waals surface area (Å²) in [5, 5.41) is 3.51. The maximum absolute atomic E-state index is 13.6. The van der Waals surface area contributed by atoms with Crippen molar-refractivity contribution < 1.29 is 14.3 Å². The molecule has 3 rings (SSSR count). The summed E-state index contributed by atoms with van der Waals surface area (Å²) in [6.45, 7) is 7.02. The molecule has 2 aliphatic rings. The lowest BCUT2D eigenvalue weighted by Crippen LogP contribution is -2.47. The number of likely N-dealkylation sites (tertiary alicyclic amines) is 1. The first-order valence-electron chi connectivity index (χ1n) is 11.3. The highest BCUT2D eigenvalue weighted by Gasteiger charge is 2.36. The Labute approximate surface area is 185 Å². The smallest absolute Gasteiger partial charge is 0.407 e. The molecule has 2 amide bonds. The van der Waals surface area contributed by atoms with E-state index < -0.39 is 0 Å². The second-order valence-corrected chi connectivity index (χ2v) is 10.2. The van der Waals surface area contributed by atoms with Crippen LogP contribution in [0.5, 0.6) is 0 Å². The van der Waals surface area contributed by atoms with Gasteiger partial charge in [0.15, 0.2) is 0 Å². The lowest BCUT2D eigenvalue weighted by molar-refractivity contribution is -0.136. The van der Waals surface area contributed by atoms with Gasteiger partial charge in [-0.2, -0.15) is 0 Å². The van der Waals surface area contributed by atoms with E-state index in [-0.39, 0.29) is 29.6 Å². The third-order valence-electron chi connectivity index (χ3n) is 6.10. The summed E-state index contributed by atoms with van der Waals surface area (Å²) in [5.41, 5.74) is 0.708. The second kappa shape index (κ2) is 10.0. The van der Waals surface area contributed by atoms with Crippen LogP contribution >= 0.6 is 11.6 Å². The molecule has 1 aliphatic heterocycles. The van der Waals surface area contributed by atoms with Crippen LogP contribution in [0.4, 0.5) is 4.79 Å². The van der Waals surface area contributed by atoms with Gasteiger partial charge >= 0.3 is 6.09 Å². The van der Waals surface area contributed by atoms with Crippen molar-refractivity contribution in [1.82, 2.24) is 10.2 Å². The van der Waals surface area contributed by atoms with Crippen molar-refractivity contribution in [2.45, 2.75) is 83.3 Å². The van der Waals surface area contributed by atoms with Gasteiger partial charge in [0.05, 0.1) is 5.92 Å². The monoisotopic (exact) mass is 434 g/mol. The third kappa shape index (κ3) is 6.37. The highest BCUT2D eigenvalue weighted by atomic mass is 35.5. The van der Waals surface area contributed by atoms with Crippen LogP contribution in [0, 0.1) is 5.92 Å². The molecule has 1 saturated carbocycles. The van der Waals surface area contributed by atoms with E-state index in [1.807, 2.05) is 49.9 Å². The lowest BCUT2D eigenvalue weighted by atomic mass is 9.76. The van der Waals surface area contributed by atoms with Crippen molar-refractivity contribution in [1.29, 1.82) is 0 Å². The first-order chi connectivity index (χ1) is 14.2. The van der Waals surface area contributed by atoms with Crippen LogP contribution in [-0.2, 0) is 9.53 Å². The fourth-order valence-electron chi connectivity index (χ4n) is 4.66. The minimum atomic E-state index is -0.383. The van der Waals surface area contributed by atoms with Gasteiger partial charge in [-0.15, -0.1) is 0 Å². The van der Waals surface area contributed by atoms with E-state index in [2.05, 4.69) is 5.32 Å². The molecule has 1 N–H and O–H groups in total. The molecule has 0 bridgehead atoms. The Morgan fingerprint density at radius 1 is 1.10 bits per heavy atom. The number of hydrogen-bond acceptors (Lipinski definition) is 3. The number of rotatable bonds is 4. The normalized spacial score (nSPS) is 19.9. The largest absolute Gasteiger partial charge is 0.446 e. The first-order valence-corrected chi connectivity index (χ1v) is 11.6. The van der Waals surface area contributed by atoms with Gasteiger partial charge in [0, 0.05) is 36.5 Å². The van der Waals surface area contributed by atoms with E-state index in [0.29, 0.717) is 36.9 Å². The number of nitrogens with one attached hydrogen (secondary N) is 1. The Kier molecular flexibility index (Phi) is 7.67. The minimum Gasteiger partial charge on any atom is -0.446 e. The number of halogens is 1. The zero-order valence-corrected chi connectivity index (χ0v) is 19.2. The Morgan fingerprint density at radius 2 is 1.77 bits per heavy atom. The maximum atomic E-state index is 13.6. The fourth-order valence-corrected chi connectivity index (χ4v) is 4.86. The van der Waals surface area contributed by atoms with E-state index in [4.69, 9.17) is 16.3 Å². The van der Waals surface area contributed by atoms with Crippen LogP contribution in [0.1, 0.15) is 77.2 Å². The molecular weight excluding hydrogens is 400 g/mol. The molecule has 1 unspecified atom stereocenters. The number of ether oxygens (including phenoxy) is 1. The lowest BCUT2D eigenvalue weighted by Gasteiger charge is -2.37. The number of benzene rings is 1. The van der Waals surface area contributed by atoms with E-state index in [0.717, 1.165) is 18.4 Å². The van der Waals surface area contributed by atoms with Crippen LogP contribution in [0.25, 0.3) is 0 Å². The van der Waals surface area contributed by atoms with E-state index >= 15 is 0 Å². The van der Waals surface area contributed by atoms with Gasteiger partial charge in [0.1, 0.15) is 6.10 Å². The van der Waals surface area contributed by atoms with Gasteiger partial charge in [0.25, 0.3) is 0 Å². The van der Waals surface area contributed by atoms with Crippen molar-refractivity contribution in [2.75, 3.05) is 13.1 Å². The molecule has 1 aliphatic carbocycles. The second-order valence-electron chi connectivity index (χ2n) is 9.74. The number of nitrogens with zero attached hydrogens (tertiary/aromatic N) is 1. The number of piperidine rings is 1.